The lowest BCUT2D eigenvalue weighted by Gasteiger charge is -2.13. The number of amides is 1. The summed E-state index contributed by atoms with van der Waals surface area (Å²) in [6.45, 7) is -0.401. The molecule has 1 aromatic rings. The number of aliphatic hydroxyl groups is 1. The summed E-state index contributed by atoms with van der Waals surface area (Å²) < 4.78 is 25.9. The van der Waals surface area contributed by atoms with Gasteiger partial charge in [0.15, 0.2) is 0 Å². The number of carbonyl (C=O) groups excluding carboxylic acids is 1. The molecule has 0 aliphatic rings. The van der Waals surface area contributed by atoms with Gasteiger partial charge in [-0.15, -0.1) is 0 Å². The molecule has 3 N–H and O–H groups in total. The minimum Gasteiger partial charge on any atom is -0.480 e. The zero-order valence-electron chi connectivity index (χ0n) is 9.90. The molecule has 0 unspecified atom stereocenters. The van der Waals surface area contributed by atoms with Gasteiger partial charge in [-0.2, -0.15) is 0 Å². The van der Waals surface area contributed by atoms with Gasteiger partial charge in [0.1, 0.15) is 17.7 Å². The molecular formula is C12H13F2NO4. The standard InChI is InChI=1S/C12H13F2NO4/c13-8-2-1-7(9(14)6-8)5-11(17)15-10(3-4-16)12(18)19/h1-2,6,10,16H,3-5H2,(H,15,17)(H,18,19)/t10-/m0/s1. The number of rotatable bonds is 6. The molecule has 0 aliphatic carbocycles. The highest BCUT2D eigenvalue weighted by Gasteiger charge is 2.19. The van der Waals surface area contributed by atoms with E-state index in [0.717, 1.165) is 12.1 Å². The van der Waals surface area contributed by atoms with Crippen molar-refractivity contribution in [3.05, 3.63) is 35.4 Å². The molecule has 1 rings (SSSR count). The summed E-state index contributed by atoms with van der Waals surface area (Å²) in [7, 11) is 0. The van der Waals surface area contributed by atoms with Gasteiger partial charge in [0.25, 0.3) is 0 Å². The normalized spacial score (nSPS) is 11.9. The third kappa shape index (κ3) is 4.63. The second kappa shape index (κ2) is 6.79. The van der Waals surface area contributed by atoms with Crippen LogP contribution < -0.4 is 5.32 Å². The molecule has 0 spiro atoms. The van der Waals surface area contributed by atoms with Crippen LogP contribution in [0.25, 0.3) is 0 Å². The lowest BCUT2D eigenvalue weighted by Crippen LogP contribution is -2.42. The summed E-state index contributed by atoms with van der Waals surface area (Å²) in [5, 5.41) is 19.6. The molecule has 1 atom stereocenters. The molecule has 0 heterocycles. The van der Waals surface area contributed by atoms with Crippen molar-refractivity contribution in [2.45, 2.75) is 18.9 Å². The van der Waals surface area contributed by atoms with Gasteiger partial charge >= 0.3 is 5.97 Å². The van der Waals surface area contributed by atoms with E-state index < -0.39 is 42.6 Å². The Balaban J connectivity index is 2.66. The van der Waals surface area contributed by atoms with Crippen LogP contribution in [-0.2, 0) is 16.0 Å². The molecule has 0 aromatic heterocycles. The first-order valence-electron chi connectivity index (χ1n) is 5.51. The monoisotopic (exact) mass is 273 g/mol. The Morgan fingerprint density at radius 2 is 2.00 bits per heavy atom. The smallest absolute Gasteiger partial charge is 0.326 e. The third-order valence-corrected chi connectivity index (χ3v) is 2.42. The highest BCUT2D eigenvalue weighted by atomic mass is 19.1. The number of aliphatic hydroxyl groups excluding tert-OH is 1. The average Bonchev–Trinajstić information content (AvgIpc) is 2.32. The first kappa shape index (κ1) is 15.0. The van der Waals surface area contributed by atoms with Crippen LogP contribution in [0.1, 0.15) is 12.0 Å². The van der Waals surface area contributed by atoms with Crippen molar-refractivity contribution in [2.75, 3.05) is 6.61 Å². The Kier molecular flexibility index (Phi) is 5.37. The molecule has 104 valence electrons. The van der Waals surface area contributed by atoms with E-state index >= 15 is 0 Å². The van der Waals surface area contributed by atoms with Crippen LogP contribution in [0.4, 0.5) is 8.78 Å². The summed E-state index contributed by atoms with van der Waals surface area (Å²) in [6.07, 6.45) is -0.547. The maximum Gasteiger partial charge on any atom is 0.326 e. The second-order valence-corrected chi connectivity index (χ2v) is 3.88. The van der Waals surface area contributed by atoms with Gasteiger partial charge in [-0.25, -0.2) is 13.6 Å². The van der Waals surface area contributed by atoms with Crippen LogP contribution in [0, 0.1) is 11.6 Å². The van der Waals surface area contributed by atoms with Crippen molar-refractivity contribution in [1.82, 2.24) is 5.32 Å². The first-order chi connectivity index (χ1) is 8.93. The molecule has 0 bridgehead atoms. The van der Waals surface area contributed by atoms with Crippen molar-refractivity contribution >= 4 is 11.9 Å². The SMILES string of the molecule is O=C(Cc1ccc(F)cc1F)N[C@@H](CCO)C(=O)O. The van der Waals surface area contributed by atoms with Crippen LogP contribution in [0.15, 0.2) is 18.2 Å². The van der Waals surface area contributed by atoms with Crippen LogP contribution in [0.5, 0.6) is 0 Å². The average molecular weight is 273 g/mol. The number of hydrogen-bond acceptors (Lipinski definition) is 3. The van der Waals surface area contributed by atoms with Crippen molar-refractivity contribution in [3.8, 4) is 0 Å². The maximum absolute atomic E-state index is 13.3. The summed E-state index contributed by atoms with van der Waals surface area (Å²) in [5.41, 5.74) is -0.0352. The predicted molar refractivity (Wildman–Crippen MR) is 61.3 cm³/mol. The zero-order chi connectivity index (χ0) is 14.4. The number of halogens is 2. The van der Waals surface area contributed by atoms with Gasteiger partial charge in [-0.3, -0.25) is 4.79 Å². The molecule has 7 heteroatoms. The van der Waals surface area contributed by atoms with Gasteiger partial charge in [0, 0.05) is 19.1 Å². The minimum atomic E-state index is -1.29. The van der Waals surface area contributed by atoms with Crippen LogP contribution in [0.2, 0.25) is 0 Å². The lowest BCUT2D eigenvalue weighted by atomic mass is 10.1. The number of carboxylic acid groups (broad SMARTS) is 1. The number of carboxylic acids is 1. The Morgan fingerprint density at radius 1 is 1.32 bits per heavy atom. The van der Waals surface area contributed by atoms with Gasteiger partial charge in [0.05, 0.1) is 6.42 Å². The molecule has 1 aromatic carbocycles. The maximum atomic E-state index is 13.3. The number of aliphatic carboxylic acids is 1. The van der Waals surface area contributed by atoms with E-state index in [2.05, 4.69) is 5.32 Å². The van der Waals surface area contributed by atoms with Gasteiger partial charge < -0.3 is 15.5 Å². The molecule has 0 aliphatic heterocycles. The number of benzene rings is 1. The molecule has 0 saturated heterocycles. The first-order valence-corrected chi connectivity index (χ1v) is 5.51. The summed E-state index contributed by atoms with van der Waals surface area (Å²) in [5.74, 6) is -3.64. The van der Waals surface area contributed by atoms with E-state index in [1.54, 1.807) is 0 Å². The summed E-state index contributed by atoms with van der Waals surface area (Å²) >= 11 is 0. The Hall–Kier alpha value is -2.02. The molecule has 5 nitrogen and oxygen atoms in total. The Labute approximate surface area is 107 Å². The van der Waals surface area contributed by atoms with Gasteiger partial charge in [-0.1, -0.05) is 6.07 Å². The van der Waals surface area contributed by atoms with E-state index in [9.17, 15) is 18.4 Å². The van der Waals surface area contributed by atoms with E-state index in [1.165, 1.54) is 0 Å². The Bertz CT molecular complexity index is 479. The summed E-state index contributed by atoms with van der Waals surface area (Å²) in [4.78, 5) is 22.3. The number of hydrogen-bond donors (Lipinski definition) is 3. The molecular weight excluding hydrogens is 260 g/mol. The van der Waals surface area contributed by atoms with Crippen LogP contribution >= 0.6 is 0 Å². The predicted octanol–water partition coefficient (Wildman–Crippen LogP) is 0.459. The Morgan fingerprint density at radius 3 is 2.53 bits per heavy atom. The topological polar surface area (TPSA) is 86.6 Å². The number of nitrogens with one attached hydrogen (secondary N) is 1. The van der Waals surface area contributed by atoms with E-state index in [4.69, 9.17) is 10.2 Å². The molecule has 0 radical (unpaired) electrons. The van der Waals surface area contributed by atoms with E-state index in [0.29, 0.717) is 6.07 Å². The summed E-state index contributed by atoms with van der Waals surface area (Å²) in [6, 6.07) is 1.53. The molecule has 0 fully saturated rings. The van der Waals surface area contributed by atoms with Crippen molar-refractivity contribution < 1.29 is 28.6 Å². The lowest BCUT2D eigenvalue weighted by molar-refractivity contribution is -0.142. The van der Waals surface area contributed by atoms with Gasteiger partial charge in [-0.05, 0) is 11.6 Å². The van der Waals surface area contributed by atoms with Crippen molar-refractivity contribution in [1.29, 1.82) is 0 Å². The van der Waals surface area contributed by atoms with E-state index in [1.807, 2.05) is 0 Å². The molecule has 19 heavy (non-hydrogen) atoms. The quantitative estimate of drug-likeness (QED) is 0.702. The van der Waals surface area contributed by atoms with E-state index in [-0.39, 0.29) is 12.0 Å². The second-order valence-electron chi connectivity index (χ2n) is 3.88. The third-order valence-electron chi connectivity index (χ3n) is 2.42. The fourth-order valence-electron chi connectivity index (χ4n) is 1.47. The highest BCUT2D eigenvalue weighted by molar-refractivity contribution is 5.84. The van der Waals surface area contributed by atoms with Gasteiger partial charge in [0.2, 0.25) is 5.91 Å². The van der Waals surface area contributed by atoms with Crippen LogP contribution in [-0.4, -0.2) is 34.7 Å². The minimum absolute atomic E-state index is 0.0352. The fourth-order valence-corrected chi connectivity index (χ4v) is 1.47. The zero-order valence-corrected chi connectivity index (χ0v) is 9.90. The van der Waals surface area contributed by atoms with Crippen molar-refractivity contribution in [3.63, 3.8) is 0 Å². The highest BCUT2D eigenvalue weighted by Crippen LogP contribution is 2.10. The van der Waals surface area contributed by atoms with Crippen LogP contribution in [0.3, 0.4) is 0 Å². The molecule has 1 amide bonds. The van der Waals surface area contributed by atoms with Crippen molar-refractivity contribution in [2.24, 2.45) is 0 Å². The number of carbonyl (C=O) groups is 2. The molecule has 0 saturated carbocycles. The largest absolute Gasteiger partial charge is 0.480 e. The fraction of sp³-hybridized carbons (Fsp3) is 0.333.